The molecular weight excluding hydrogens is 418 g/mol. The molecule has 0 bridgehead atoms. The maximum Gasteiger partial charge on any atom is 0.220 e. The summed E-state index contributed by atoms with van der Waals surface area (Å²) in [4.78, 5) is 14.4. The van der Waals surface area contributed by atoms with Crippen LogP contribution in [0.4, 0.5) is 0 Å². The molecule has 2 heterocycles. The number of nitrogens with one attached hydrogen (secondary N) is 1. The van der Waals surface area contributed by atoms with Gasteiger partial charge in [0.1, 0.15) is 5.82 Å². The van der Waals surface area contributed by atoms with Gasteiger partial charge in [-0.2, -0.15) is 0 Å². The average molecular weight is 450 g/mol. The Balaban J connectivity index is 1.76. The van der Waals surface area contributed by atoms with Crippen molar-refractivity contribution in [2.24, 2.45) is 5.92 Å². The molecule has 1 N–H and O–H groups in total. The minimum absolute atomic E-state index is 0.0226. The molecule has 0 spiro atoms. The van der Waals surface area contributed by atoms with Crippen molar-refractivity contribution in [2.75, 3.05) is 27.3 Å². The van der Waals surface area contributed by atoms with Crippen LogP contribution in [0.2, 0.25) is 5.02 Å². The molecule has 170 valence electrons. The Labute approximate surface area is 188 Å². The first-order chi connectivity index (χ1) is 14.9. The Morgan fingerprint density at radius 1 is 1.16 bits per heavy atom. The number of fused-ring (bicyclic) bond motifs is 1. The summed E-state index contributed by atoms with van der Waals surface area (Å²) < 4.78 is 12.9. The molecule has 1 aromatic carbocycles. The first kappa shape index (κ1) is 23.3. The van der Waals surface area contributed by atoms with Crippen LogP contribution in [0.25, 0.3) is 0 Å². The zero-order chi connectivity index (χ0) is 22.5. The third-order valence-electron chi connectivity index (χ3n) is 5.68. The monoisotopic (exact) mass is 449 g/mol. The molecule has 0 unspecified atom stereocenters. The number of amides is 1. The quantitative estimate of drug-likeness (QED) is 0.666. The summed E-state index contributed by atoms with van der Waals surface area (Å²) in [6.07, 6.45) is 1.23. The van der Waals surface area contributed by atoms with Gasteiger partial charge in [0.05, 0.1) is 20.3 Å². The van der Waals surface area contributed by atoms with Crippen LogP contribution in [0.5, 0.6) is 11.5 Å². The predicted octanol–water partition coefficient (Wildman–Crippen LogP) is 3.23. The van der Waals surface area contributed by atoms with Crippen molar-refractivity contribution in [1.82, 2.24) is 25.0 Å². The highest BCUT2D eigenvalue weighted by Crippen LogP contribution is 2.34. The number of ether oxygens (including phenoxy) is 2. The van der Waals surface area contributed by atoms with Gasteiger partial charge < -0.3 is 19.4 Å². The van der Waals surface area contributed by atoms with Crippen LogP contribution in [-0.2, 0) is 24.3 Å². The maximum absolute atomic E-state index is 12.0. The summed E-state index contributed by atoms with van der Waals surface area (Å²) in [5, 5.41) is 12.6. The van der Waals surface area contributed by atoms with E-state index in [4.69, 9.17) is 21.1 Å². The zero-order valence-corrected chi connectivity index (χ0v) is 19.7. The second-order valence-electron chi connectivity index (χ2n) is 8.09. The van der Waals surface area contributed by atoms with Gasteiger partial charge in [-0.15, -0.1) is 10.2 Å². The van der Waals surface area contributed by atoms with Crippen molar-refractivity contribution in [2.45, 2.75) is 52.7 Å². The van der Waals surface area contributed by atoms with E-state index in [1.165, 1.54) is 0 Å². The van der Waals surface area contributed by atoms with Gasteiger partial charge in [-0.3, -0.25) is 9.69 Å². The summed E-state index contributed by atoms with van der Waals surface area (Å²) in [7, 11) is 3.22. The molecule has 1 amide bonds. The molecule has 1 atom stereocenters. The van der Waals surface area contributed by atoms with Crippen LogP contribution in [-0.4, -0.2) is 52.9 Å². The van der Waals surface area contributed by atoms with E-state index in [1.807, 2.05) is 13.0 Å². The maximum atomic E-state index is 12.0. The molecule has 1 aliphatic heterocycles. The number of rotatable bonds is 8. The highest BCUT2D eigenvalue weighted by Gasteiger charge is 2.27. The van der Waals surface area contributed by atoms with Gasteiger partial charge in [-0.25, -0.2) is 0 Å². The second-order valence-corrected chi connectivity index (χ2v) is 8.50. The number of hydrogen-bond donors (Lipinski definition) is 1. The SMILES string of the molecule is CCC(=O)N[C@H](c1nnc2n1CCN(Cc1cc(OC)c(OC)cc1Cl)CC2)C(C)C. The highest BCUT2D eigenvalue weighted by molar-refractivity contribution is 6.31. The standard InChI is InChI=1S/C22H32ClN5O3/c1-6-20(29)24-21(14(2)3)22-26-25-19-7-8-27(9-10-28(19)22)13-15-11-17(30-4)18(31-5)12-16(15)23/h11-12,14,21H,6-10,13H2,1-5H3,(H,24,29)/t21-/m0/s1. The minimum Gasteiger partial charge on any atom is -0.493 e. The van der Waals surface area contributed by atoms with E-state index < -0.39 is 0 Å². The summed E-state index contributed by atoms with van der Waals surface area (Å²) >= 11 is 6.50. The molecular formula is C22H32ClN5O3. The Bertz CT molecular complexity index is 915. The number of carbonyl (C=O) groups excluding carboxylic acids is 1. The smallest absolute Gasteiger partial charge is 0.220 e. The van der Waals surface area contributed by atoms with Crippen LogP contribution in [0.3, 0.4) is 0 Å². The Kier molecular flexibility index (Phi) is 7.78. The largest absolute Gasteiger partial charge is 0.493 e. The first-order valence-corrected chi connectivity index (χ1v) is 11.1. The fourth-order valence-corrected chi connectivity index (χ4v) is 4.05. The lowest BCUT2D eigenvalue weighted by Crippen LogP contribution is -2.34. The number of carbonyl (C=O) groups is 1. The number of hydrogen-bond acceptors (Lipinski definition) is 6. The van der Waals surface area contributed by atoms with Gasteiger partial charge in [0, 0.05) is 50.1 Å². The van der Waals surface area contributed by atoms with Crippen LogP contribution >= 0.6 is 11.6 Å². The summed E-state index contributed by atoms with van der Waals surface area (Å²) in [6.45, 7) is 9.16. The van der Waals surface area contributed by atoms with Crippen molar-refractivity contribution in [3.8, 4) is 11.5 Å². The molecule has 3 rings (SSSR count). The van der Waals surface area contributed by atoms with Crippen LogP contribution in [0, 0.1) is 5.92 Å². The number of aromatic nitrogens is 3. The number of halogens is 1. The molecule has 2 aromatic rings. The number of nitrogens with zero attached hydrogens (tertiary/aromatic N) is 4. The minimum atomic E-state index is -0.152. The third-order valence-corrected chi connectivity index (χ3v) is 6.03. The van der Waals surface area contributed by atoms with Gasteiger partial charge >= 0.3 is 0 Å². The van der Waals surface area contributed by atoms with E-state index in [0.717, 1.165) is 43.3 Å². The van der Waals surface area contributed by atoms with Gasteiger partial charge in [-0.1, -0.05) is 32.4 Å². The summed E-state index contributed by atoms with van der Waals surface area (Å²) in [6, 6.07) is 3.58. The van der Waals surface area contributed by atoms with E-state index in [0.29, 0.717) is 29.5 Å². The molecule has 0 radical (unpaired) electrons. The van der Waals surface area contributed by atoms with Crippen molar-refractivity contribution in [3.05, 3.63) is 34.4 Å². The van der Waals surface area contributed by atoms with Crippen molar-refractivity contribution in [1.29, 1.82) is 0 Å². The number of methoxy groups -OCH3 is 2. The molecule has 0 saturated carbocycles. The van der Waals surface area contributed by atoms with Crippen LogP contribution in [0.1, 0.15) is 50.4 Å². The lowest BCUT2D eigenvalue weighted by Gasteiger charge is -2.23. The first-order valence-electron chi connectivity index (χ1n) is 10.7. The lowest BCUT2D eigenvalue weighted by atomic mass is 10.0. The molecule has 1 aliphatic rings. The molecule has 31 heavy (non-hydrogen) atoms. The normalized spacial score (nSPS) is 15.3. The average Bonchev–Trinajstić information content (AvgIpc) is 3.05. The molecule has 0 saturated heterocycles. The van der Waals surface area contributed by atoms with Crippen molar-refractivity contribution >= 4 is 17.5 Å². The van der Waals surface area contributed by atoms with Gasteiger partial charge in [0.15, 0.2) is 17.3 Å². The summed E-state index contributed by atoms with van der Waals surface area (Å²) in [5.41, 5.74) is 0.993. The van der Waals surface area contributed by atoms with Crippen molar-refractivity contribution < 1.29 is 14.3 Å². The Morgan fingerprint density at radius 3 is 2.52 bits per heavy atom. The fraction of sp³-hybridized carbons (Fsp3) is 0.591. The van der Waals surface area contributed by atoms with E-state index in [-0.39, 0.29) is 17.9 Å². The summed E-state index contributed by atoms with van der Waals surface area (Å²) in [5.74, 6) is 3.31. The van der Waals surface area contributed by atoms with E-state index >= 15 is 0 Å². The topological polar surface area (TPSA) is 81.5 Å². The Hall–Kier alpha value is -2.32. The number of benzene rings is 1. The van der Waals surface area contributed by atoms with Crippen molar-refractivity contribution in [3.63, 3.8) is 0 Å². The molecule has 8 nitrogen and oxygen atoms in total. The molecule has 1 aromatic heterocycles. The predicted molar refractivity (Wildman–Crippen MR) is 120 cm³/mol. The van der Waals surface area contributed by atoms with Crippen LogP contribution < -0.4 is 14.8 Å². The van der Waals surface area contributed by atoms with E-state index in [2.05, 4.69) is 38.8 Å². The van der Waals surface area contributed by atoms with E-state index in [1.54, 1.807) is 20.3 Å². The molecule has 0 fully saturated rings. The van der Waals surface area contributed by atoms with E-state index in [9.17, 15) is 4.79 Å². The Morgan fingerprint density at radius 2 is 1.87 bits per heavy atom. The zero-order valence-electron chi connectivity index (χ0n) is 18.9. The lowest BCUT2D eigenvalue weighted by molar-refractivity contribution is -0.121. The third kappa shape index (κ3) is 5.30. The van der Waals surface area contributed by atoms with Crippen LogP contribution in [0.15, 0.2) is 12.1 Å². The molecule has 0 aliphatic carbocycles. The fourth-order valence-electron chi connectivity index (χ4n) is 3.84. The van der Waals surface area contributed by atoms with Gasteiger partial charge in [-0.05, 0) is 17.5 Å². The van der Waals surface area contributed by atoms with Gasteiger partial charge in [0.25, 0.3) is 0 Å². The van der Waals surface area contributed by atoms with Gasteiger partial charge in [0.2, 0.25) is 5.91 Å². The molecule has 9 heteroatoms. The second kappa shape index (κ2) is 10.3. The highest BCUT2D eigenvalue weighted by atomic mass is 35.5.